The van der Waals surface area contributed by atoms with Gasteiger partial charge in [-0.25, -0.2) is 0 Å². The molecule has 3 heteroatoms. The zero-order chi connectivity index (χ0) is 16.3. The number of para-hydroxylation sites is 2. The largest absolute Gasteiger partial charge is 0.483 e. The van der Waals surface area contributed by atoms with Gasteiger partial charge in [-0.05, 0) is 36.6 Å². The van der Waals surface area contributed by atoms with E-state index >= 15 is 0 Å². The summed E-state index contributed by atoms with van der Waals surface area (Å²) in [5, 5.41) is 9.34. The van der Waals surface area contributed by atoms with Crippen molar-refractivity contribution in [2.24, 2.45) is 0 Å². The molecule has 0 unspecified atom stereocenters. The lowest BCUT2D eigenvalue weighted by molar-refractivity contribution is 0.0570. The van der Waals surface area contributed by atoms with Crippen molar-refractivity contribution in [1.82, 2.24) is 0 Å². The summed E-state index contributed by atoms with van der Waals surface area (Å²) in [4.78, 5) is 2.35. The van der Waals surface area contributed by atoms with Gasteiger partial charge in [-0.3, -0.25) is 0 Å². The molecule has 0 bridgehead atoms. The molecular weight excluding hydrogens is 284 g/mol. The third-order valence-corrected chi connectivity index (χ3v) is 4.80. The molecule has 3 nitrogen and oxygen atoms in total. The smallest absolute Gasteiger partial charge is 0.143 e. The molecule has 0 aromatic heterocycles. The second-order valence-corrected chi connectivity index (χ2v) is 6.08. The molecule has 0 aliphatic carbocycles. The quantitative estimate of drug-likeness (QED) is 0.833. The molecule has 2 aromatic carbocycles. The van der Waals surface area contributed by atoms with Gasteiger partial charge in [-0.1, -0.05) is 44.2 Å². The molecule has 0 fully saturated rings. The lowest BCUT2D eigenvalue weighted by Crippen LogP contribution is -2.50. The average Bonchev–Trinajstić information content (AvgIpc) is 2.62. The fourth-order valence-electron chi connectivity index (χ4n) is 3.24. The van der Waals surface area contributed by atoms with Gasteiger partial charge in [0.25, 0.3) is 0 Å². The number of nitrogens with zero attached hydrogens (tertiary/aromatic N) is 2. The topological polar surface area (TPSA) is 36.3 Å². The highest BCUT2D eigenvalue weighted by Crippen LogP contribution is 2.40. The number of rotatable bonds is 4. The third kappa shape index (κ3) is 2.90. The molecule has 0 N–H and O–H groups in total. The fraction of sp³-hybridized carbons (Fsp3) is 0.350. The van der Waals surface area contributed by atoms with E-state index in [0.717, 1.165) is 48.5 Å². The van der Waals surface area contributed by atoms with Gasteiger partial charge in [0, 0.05) is 6.54 Å². The van der Waals surface area contributed by atoms with Gasteiger partial charge in [-0.2, -0.15) is 5.26 Å². The standard InChI is InChI=1S/C20H22N2O/c1-3-20(4-2)15-22(18-11-7-8-12-19(18)23-20)14-17-10-6-5-9-16(17)13-21/h5-12H,3-4,14-15H2,1-2H3. The Morgan fingerprint density at radius 2 is 1.78 bits per heavy atom. The summed E-state index contributed by atoms with van der Waals surface area (Å²) < 4.78 is 6.34. The van der Waals surface area contributed by atoms with Crippen LogP contribution in [0, 0.1) is 11.3 Å². The highest BCUT2D eigenvalue weighted by atomic mass is 16.5. The Kier molecular flexibility index (Phi) is 4.25. The van der Waals surface area contributed by atoms with E-state index in [1.165, 1.54) is 0 Å². The minimum atomic E-state index is -0.157. The van der Waals surface area contributed by atoms with Crippen LogP contribution in [0.2, 0.25) is 0 Å². The molecule has 2 aromatic rings. The number of fused-ring (bicyclic) bond motifs is 1. The summed E-state index contributed by atoms with van der Waals surface area (Å²) in [5.74, 6) is 0.942. The van der Waals surface area contributed by atoms with Crippen LogP contribution in [-0.4, -0.2) is 12.1 Å². The molecule has 23 heavy (non-hydrogen) atoms. The minimum absolute atomic E-state index is 0.157. The molecule has 0 saturated carbocycles. The first-order chi connectivity index (χ1) is 11.2. The maximum Gasteiger partial charge on any atom is 0.143 e. The summed E-state index contributed by atoms with van der Waals surface area (Å²) in [7, 11) is 0. The summed E-state index contributed by atoms with van der Waals surface area (Å²) >= 11 is 0. The molecule has 3 rings (SSSR count). The van der Waals surface area contributed by atoms with Crippen molar-refractivity contribution >= 4 is 5.69 Å². The predicted octanol–water partition coefficient (Wildman–Crippen LogP) is 4.52. The van der Waals surface area contributed by atoms with Crippen molar-refractivity contribution < 1.29 is 4.74 Å². The van der Waals surface area contributed by atoms with Crippen LogP contribution in [-0.2, 0) is 6.54 Å². The Bertz CT molecular complexity index is 728. The fourth-order valence-corrected chi connectivity index (χ4v) is 3.24. The molecular formula is C20H22N2O. The van der Waals surface area contributed by atoms with E-state index < -0.39 is 0 Å². The normalized spacial score (nSPS) is 15.4. The van der Waals surface area contributed by atoms with Gasteiger partial charge in [0.1, 0.15) is 11.4 Å². The van der Waals surface area contributed by atoms with Crippen molar-refractivity contribution in [2.45, 2.75) is 38.8 Å². The van der Waals surface area contributed by atoms with Crippen LogP contribution in [0.4, 0.5) is 5.69 Å². The van der Waals surface area contributed by atoms with Crippen LogP contribution in [0.25, 0.3) is 0 Å². The van der Waals surface area contributed by atoms with Crippen molar-refractivity contribution in [3.8, 4) is 11.8 Å². The average molecular weight is 306 g/mol. The number of anilines is 1. The van der Waals surface area contributed by atoms with Gasteiger partial charge in [0.2, 0.25) is 0 Å². The minimum Gasteiger partial charge on any atom is -0.483 e. The molecule has 118 valence electrons. The van der Waals surface area contributed by atoms with E-state index in [-0.39, 0.29) is 5.60 Å². The molecule has 0 spiro atoms. The Balaban J connectivity index is 1.99. The van der Waals surface area contributed by atoms with Crippen LogP contribution in [0.5, 0.6) is 5.75 Å². The lowest BCUT2D eigenvalue weighted by atomic mass is 9.93. The molecule has 0 radical (unpaired) electrons. The second kappa shape index (κ2) is 6.34. The monoisotopic (exact) mass is 306 g/mol. The number of benzene rings is 2. The summed E-state index contributed by atoms with van der Waals surface area (Å²) in [6.45, 7) is 5.93. The number of hydrogen-bond donors (Lipinski definition) is 0. The van der Waals surface area contributed by atoms with Gasteiger partial charge in [-0.15, -0.1) is 0 Å². The van der Waals surface area contributed by atoms with Crippen LogP contribution < -0.4 is 9.64 Å². The number of nitriles is 1. The van der Waals surface area contributed by atoms with Crippen molar-refractivity contribution in [3.63, 3.8) is 0 Å². The van der Waals surface area contributed by atoms with Gasteiger partial charge < -0.3 is 9.64 Å². The van der Waals surface area contributed by atoms with E-state index in [0.29, 0.717) is 0 Å². The summed E-state index contributed by atoms with van der Waals surface area (Å²) in [5.41, 5.74) is 2.76. The number of hydrogen-bond acceptors (Lipinski definition) is 3. The summed E-state index contributed by atoms with van der Waals surface area (Å²) in [6, 6.07) is 18.3. The Hall–Kier alpha value is -2.47. The maximum absolute atomic E-state index is 9.34. The van der Waals surface area contributed by atoms with E-state index in [2.05, 4.69) is 30.9 Å². The first-order valence-corrected chi connectivity index (χ1v) is 8.22. The van der Waals surface area contributed by atoms with E-state index in [4.69, 9.17) is 4.74 Å². The Morgan fingerprint density at radius 3 is 2.52 bits per heavy atom. The van der Waals surface area contributed by atoms with Crippen LogP contribution in [0.1, 0.15) is 37.8 Å². The van der Waals surface area contributed by atoms with Crippen molar-refractivity contribution in [1.29, 1.82) is 5.26 Å². The van der Waals surface area contributed by atoms with E-state index in [1.807, 2.05) is 42.5 Å². The molecule has 1 aliphatic rings. The molecule has 1 aliphatic heterocycles. The Labute approximate surface area is 138 Å². The second-order valence-electron chi connectivity index (χ2n) is 6.08. The number of ether oxygens (including phenoxy) is 1. The predicted molar refractivity (Wildman–Crippen MR) is 92.6 cm³/mol. The molecule has 1 heterocycles. The van der Waals surface area contributed by atoms with Crippen LogP contribution in [0.3, 0.4) is 0 Å². The van der Waals surface area contributed by atoms with Crippen LogP contribution in [0.15, 0.2) is 48.5 Å². The molecule has 0 amide bonds. The zero-order valence-electron chi connectivity index (χ0n) is 13.7. The summed E-state index contributed by atoms with van der Waals surface area (Å²) in [6.07, 6.45) is 1.93. The van der Waals surface area contributed by atoms with E-state index in [9.17, 15) is 5.26 Å². The van der Waals surface area contributed by atoms with Crippen LogP contribution >= 0.6 is 0 Å². The SMILES string of the molecule is CCC1(CC)CN(Cc2ccccc2C#N)c2ccccc2O1. The Morgan fingerprint density at radius 1 is 1.09 bits per heavy atom. The van der Waals surface area contributed by atoms with Gasteiger partial charge in [0.15, 0.2) is 0 Å². The maximum atomic E-state index is 9.34. The van der Waals surface area contributed by atoms with Gasteiger partial charge in [0.05, 0.1) is 23.9 Å². The molecule has 0 atom stereocenters. The highest BCUT2D eigenvalue weighted by Gasteiger charge is 2.36. The third-order valence-electron chi connectivity index (χ3n) is 4.80. The first kappa shape index (κ1) is 15.4. The van der Waals surface area contributed by atoms with Crippen molar-refractivity contribution in [3.05, 3.63) is 59.7 Å². The lowest BCUT2D eigenvalue weighted by Gasteiger charge is -2.44. The van der Waals surface area contributed by atoms with E-state index in [1.54, 1.807) is 0 Å². The highest BCUT2D eigenvalue weighted by molar-refractivity contribution is 5.61. The van der Waals surface area contributed by atoms with Gasteiger partial charge >= 0.3 is 0 Å². The zero-order valence-corrected chi connectivity index (χ0v) is 13.7. The first-order valence-electron chi connectivity index (χ1n) is 8.22. The van der Waals surface area contributed by atoms with Crippen molar-refractivity contribution in [2.75, 3.05) is 11.4 Å². The molecule has 0 saturated heterocycles.